The molecule has 128 valence electrons. The van der Waals surface area contributed by atoms with Gasteiger partial charge in [-0.05, 0) is 41.3 Å². The molecule has 0 spiro atoms. The Morgan fingerprint density at radius 1 is 1.20 bits per heavy atom. The first-order valence-corrected chi connectivity index (χ1v) is 9.09. The summed E-state index contributed by atoms with van der Waals surface area (Å²) >= 11 is 1.55. The Kier molecular flexibility index (Phi) is 5.50. The van der Waals surface area contributed by atoms with E-state index in [1.54, 1.807) is 11.8 Å². The lowest BCUT2D eigenvalue weighted by Gasteiger charge is -2.10. The molecule has 1 heterocycles. The number of anilines is 1. The molecule has 0 aliphatic heterocycles. The number of H-pyrrole nitrogens is 1. The first kappa shape index (κ1) is 17.2. The van der Waals surface area contributed by atoms with Gasteiger partial charge in [0.2, 0.25) is 0 Å². The smallest absolute Gasteiger partial charge is 0.255 e. The van der Waals surface area contributed by atoms with Crippen molar-refractivity contribution in [3.05, 3.63) is 71.5 Å². The van der Waals surface area contributed by atoms with Crippen LogP contribution < -0.4 is 5.32 Å². The zero-order chi connectivity index (χ0) is 17.6. The quantitative estimate of drug-likeness (QED) is 0.642. The van der Waals surface area contributed by atoms with Gasteiger partial charge in [0.25, 0.3) is 5.91 Å². The summed E-state index contributed by atoms with van der Waals surface area (Å²) in [4.78, 5) is 16.6. The van der Waals surface area contributed by atoms with Crippen molar-refractivity contribution in [2.24, 2.45) is 0 Å². The summed E-state index contributed by atoms with van der Waals surface area (Å²) in [5.41, 5.74) is 3.73. The van der Waals surface area contributed by atoms with Crippen molar-refractivity contribution in [1.82, 2.24) is 15.2 Å². The van der Waals surface area contributed by atoms with Gasteiger partial charge in [0.1, 0.15) is 6.33 Å². The topological polar surface area (TPSA) is 70.7 Å². The van der Waals surface area contributed by atoms with Crippen molar-refractivity contribution in [3.63, 3.8) is 0 Å². The molecule has 1 aromatic heterocycles. The summed E-state index contributed by atoms with van der Waals surface area (Å²) in [7, 11) is 0. The molecule has 3 rings (SSSR count). The molecule has 0 fully saturated rings. The lowest BCUT2D eigenvalue weighted by atomic mass is 10.0. The van der Waals surface area contributed by atoms with Gasteiger partial charge in [-0.25, -0.2) is 4.98 Å². The van der Waals surface area contributed by atoms with Gasteiger partial charge in [0, 0.05) is 17.0 Å². The summed E-state index contributed by atoms with van der Waals surface area (Å²) in [6.45, 7) is 4.27. The molecule has 25 heavy (non-hydrogen) atoms. The second kappa shape index (κ2) is 7.98. The number of aromatic nitrogens is 3. The number of carbonyl (C=O) groups excluding carboxylic acids is 1. The number of benzene rings is 2. The number of rotatable bonds is 6. The van der Waals surface area contributed by atoms with Crippen LogP contribution in [-0.2, 0) is 5.75 Å². The molecule has 0 aliphatic carbocycles. The van der Waals surface area contributed by atoms with E-state index >= 15 is 0 Å². The zero-order valence-electron chi connectivity index (χ0n) is 14.2. The molecule has 0 radical (unpaired) electrons. The summed E-state index contributed by atoms with van der Waals surface area (Å²) in [6.07, 6.45) is 1.48. The second-order valence-electron chi connectivity index (χ2n) is 6.01. The van der Waals surface area contributed by atoms with Crippen LogP contribution >= 0.6 is 11.8 Å². The predicted octanol–water partition coefficient (Wildman–Crippen LogP) is 4.47. The maximum absolute atomic E-state index is 12.5. The first-order valence-electron chi connectivity index (χ1n) is 8.10. The van der Waals surface area contributed by atoms with E-state index in [1.165, 1.54) is 11.9 Å². The summed E-state index contributed by atoms with van der Waals surface area (Å²) in [5.74, 6) is 1.04. The monoisotopic (exact) mass is 352 g/mol. The van der Waals surface area contributed by atoms with E-state index in [1.807, 2.05) is 42.5 Å². The highest BCUT2D eigenvalue weighted by atomic mass is 32.2. The molecule has 0 atom stereocenters. The molecule has 5 nitrogen and oxygen atoms in total. The van der Waals surface area contributed by atoms with Crippen molar-refractivity contribution in [1.29, 1.82) is 0 Å². The third-order valence-electron chi connectivity index (χ3n) is 3.77. The van der Waals surface area contributed by atoms with Gasteiger partial charge < -0.3 is 5.32 Å². The van der Waals surface area contributed by atoms with E-state index in [4.69, 9.17) is 0 Å². The van der Waals surface area contributed by atoms with Crippen LogP contribution in [0.2, 0.25) is 0 Å². The average Bonchev–Trinajstić information content (AvgIpc) is 3.14. The minimum atomic E-state index is -0.104. The Balaban J connectivity index is 1.67. The predicted molar refractivity (Wildman–Crippen MR) is 101 cm³/mol. The Bertz CT molecular complexity index is 846. The molecular formula is C19H20N4OS. The number of nitrogens with zero attached hydrogens (tertiary/aromatic N) is 2. The van der Waals surface area contributed by atoms with Crippen LogP contribution in [0.3, 0.4) is 0 Å². The van der Waals surface area contributed by atoms with Crippen LogP contribution in [-0.4, -0.2) is 21.1 Å². The SMILES string of the molecule is CC(C)c1cccc(NC(=O)c2cccc(CSc3ncn[nH]3)c2)c1. The third kappa shape index (κ3) is 4.70. The van der Waals surface area contributed by atoms with E-state index < -0.39 is 0 Å². The van der Waals surface area contributed by atoms with Gasteiger partial charge in [0.15, 0.2) is 5.16 Å². The normalized spacial score (nSPS) is 10.8. The van der Waals surface area contributed by atoms with Gasteiger partial charge in [-0.1, -0.05) is 49.9 Å². The van der Waals surface area contributed by atoms with Crippen molar-refractivity contribution in [3.8, 4) is 0 Å². The standard InChI is InChI=1S/C19H20N4OS/c1-13(2)15-6-4-8-17(10-15)22-18(24)16-7-3-5-14(9-16)11-25-19-20-12-21-23-19/h3-10,12-13H,11H2,1-2H3,(H,22,24)(H,20,21,23). The molecule has 3 aromatic rings. The number of hydrogen-bond donors (Lipinski definition) is 2. The van der Waals surface area contributed by atoms with Gasteiger partial charge in [0.05, 0.1) is 0 Å². The maximum Gasteiger partial charge on any atom is 0.255 e. The molecule has 0 unspecified atom stereocenters. The van der Waals surface area contributed by atoms with Crippen LogP contribution in [0.15, 0.2) is 60.0 Å². The molecule has 2 aromatic carbocycles. The molecular weight excluding hydrogens is 332 g/mol. The summed E-state index contributed by atoms with van der Waals surface area (Å²) < 4.78 is 0. The molecule has 6 heteroatoms. The Morgan fingerprint density at radius 3 is 2.80 bits per heavy atom. The van der Waals surface area contributed by atoms with Gasteiger partial charge >= 0.3 is 0 Å². The average molecular weight is 352 g/mol. The van der Waals surface area contributed by atoms with E-state index in [-0.39, 0.29) is 5.91 Å². The Labute approximate surface area is 151 Å². The van der Waals surface area contributed by atoms with Gasteiger partial charge in [-0.3, -0.25) is 9.89 Å². The fourth-order valence-electron chi connectivity index (χ4n) is 2.40. The fourth-order valence-corrected chi connectivity index (χ4v) is 3.12. The minimum Gasteiger partial charge on any atom is -0.322 e. The van der Waals surface area contributed by atoms with E-state index in [0.29, 0.717) is 11.5 Å². The number of amides is 1. The molecule has 2 N–H and O–H groups in total. The van der Waals surface area contributed by atoms with Crippen LogP contribution in [0, 0.1) is 0 Å². The lowest BCUT2D eigenvalue weighted by Crippen LogP contribution is -2.12. The van der Waals surface area contributed by atoms with Crippen LogP contribution in [0.4, 0.5) is 5.69 Å². The van der Waals surface area contributed by atoms with E-state index in [2.05, 4.69) is 40.4 Å². The minimum absolute atomic E-state index is 0.104. The first-order chi connectivity index (χ1) is 12.1. The van der Waals surface area contributed by atoms with E-state index in [0.717, 1.165) is 22.2 Å². The Morgan fingerprint density at radius 2 is 2.04 bits per heavy atom. The molecule has 0 aliphatic rings. The maximum atomic E-state index is 12.5. The van der Waals surface area contributed by atoms with Crippen LogP contribution in [0.1, 0.15) is 41.3 Å². The highest BCUT2D eigenvalue weighted by molar-refractivity contribution is 7.98. The number of nitrogens with one attached hydrogen (secondary N) is 2. The highest BCUT2D eigenvalue weighted by Crippen LogP contribution is 2.21. The summed E-state index contributed by atoms with van der Waals surface area (Å²) in [6, 6.07) is 15.6. The fraction of sp³-hybridized carbons (Fsp3) is 0.211. The third-order valence-corrected chi connectivity index (χ3v) is 4.72. The molecule has 0 saturated heterocycles. The number of aromatic amines is 1. The number of hydrogen-bond acceptors (Lipinski definition) is 4. The second-order valence-corrected chi connectivity index (χ2v) is 6.98. The van der Waals surface area contributed by atoms with Crippen molar-refractivity contribution < 1.29 is 4.79 Å². The largest absolute Gasteiger partial charge is 0.322 e. The molecule has 0 bridgehead atoms. The van der Waals surface area contributed by atoms with Crippen LogP contribution in [0.25, 0.3) is 0 Å². The van der Waals surface area contributed by atoms with E-state index in [9.17, 15) is 4.79 Å². The van der Waals surface area contributed by atoms with Crippen molar-refractivity contribution >= 4 is 23.4 Å². The van der Waals surface area contributed by atoms with Gasteiger partial charge in [-0.15, -0.1) is 0 Å². The van der Waals surface area contributed by atoms with Gasteiger partial charge in [-0.2, -0.15) is 5.10 Å². The summed E-state index contributed by atoms with van der Waals surface area (Å²) in [5, 5.41) is 10.4. The van der Waals surface area contributed by atoms with Crippen molar-refractivity contribution in [2.75, 3.05) is 5.32 Å². The number of thioether (sulfide) groups is 1. The Hall–Kier alpha value is -2.60. The lowest BCUT2D eigenvalue weighted by molar-refractivity contribution is 0.102. The highest BCUT2D eigenvalue weighted by Gasteiger charge is 2.09. The molecule has 0 saturated carbocycles. The zero-order valence-corrected chi connectivity index (χ0v) is 15.0. The number of carbonyl (C=O) groups is 1. The van der Waals surface area contributed by atoms with Crippen molar-refractivity contribution in [2.45, 2.75) is 30.7 Å². The van der Waals surface area contributed by atoms with Crippen LogP contribution in [0.5, 0.6) is 0 Å². The molecule has 1 amide bonds.